The summed E-state index contributed by atoms with van der Waals surface area (Å²) >= 11 is 1.12. The predicted octanol–water partition coefficient (Wildman–Crippen LogP) is 1.41. The molecule has 0 aromatic carbocycles. The van der Waals surface area contributed by atoms with Crippen LogP contribution in [0.25, 0.3) is 0 Å². The van der Waals surface area contributed by atoms with Crippen LogP contribution in [0.1, 0.15) is 6.42 Å². The molecular formula is C3H7AsClF3. The zero-order valence-corrected chi connectivity index (χ0v) is 7.27. The van der Waals surface area contributed by atoms with Crippen molar-refractivity contribution >= 4 is 29.3 Å². The Morgan fingerprint density at radius 1 is 1.25 bits per heavy atom. The standard InChI is InChI=1S/C3H6AsF3.ClH/c4-2-1-3(5,6)7;/h1-2,4H2;1H. The van der Waals surface area contributed by atoms with E-state index in [0.717, 1.165) is 16.9 Å². The van der Waals surface area contributed by atoms with Gasteiger partial charge in [0, 0.05) is 0 Å². The van der Waals surface area contributed by atoms with Gasteiger partial charge in [0.1, 0.15) is 0 Å². The van der Waals surface area contributed by atoms with E-state index in [9.17, 15) is 13.2 Å². The third-order valence-corrected chi connectivity index (χ3v) is 1.03. The number of hydrogen-bond acceptors (Lipinski definition) is 0. The summed E-state index contributed by atoms with van der Waals surface area (Å²) < 4.78 is 33.2. The Morgan fingerprint density at radius 2 is 1.62 bits per heavy atom. The van der Waals surface area contributed by atoms with Crippen molar-refractivity contribution in [3.63, 3.8) is 0 Å². The average molecular weight is 210 g/mol. The van der Waals surface area contributed by atoms with Crippen LogP contribution in [0.3, 0.4) is 0 Å². The van der Waals surface area contributed by atoms with Crippen LogP contribution in [0, 0.1) is 0 Å². The van der Waals surface area contributed by atoms with Crippen LogP contribution < -0.4 is 0 Å². The molecule has 0 spiro atoms. The zero-order valence-electron chi connectivity index (χ0n) is 4.03. The van der Waals surface area contributed by atoms with E-state index in [4.69, 9.17) is 0 Å². The second kappa shape index (κ2) is 4.51. The molecule has 0 aromatic heterocycles. The third-order valence-electron chi connectivity index (χ3n) is 0.428. The summed E-state index contributed by atoms with van der Waals surface area (Å²) in [4.78, 5) is 0. The molecule has 0 N–H and O–H groups in total. The summed E-state index contributed by atoms with van der Waals surface area (Å²) in [5.41, 5.74) is 0. The summed E-state index contributed by atoms with van der Waals surface area (Å²) in [7, 11) is 0. The zero-order chi connectivity index (χ0) is 5.91. The Balaban J connectivity index is 0. The van der Waals surface area contributed by atoms with Crippen LogP contribution in [-0.2, 0) is 0 Å². The molecular weight excluding hydrogens is 203 g/mol. The summed E-state index contributed by atoms with van der Waals surface area (Å²) in [6.07, 6.45) is -4.57. The van der Waals surface area contributed by atoms with E-state index in [1.807, 2.05) is 0 Å². The molecule has 0 nitrogen and oxygen atoms in total. The van der Waals surface area contributed by atoms with Gasteiger partial charge in [-0.3, -0.25) is 0 Å². The van der Waals surface area contributed by atoms with Crippen molar-refractivity contribution in [2.45, 2.75) is 17.8 Å². The first-order valence-corrected chi connectivity index (χ1v) is 3.54. The SMILES string of the molecule is Cl.FC(F)(F)CC[AsH2]. The minimum atomic E-state index is -3.93. The second-order valence-electron chi connectivity index (χ2n) is 1.15. The molecule has 52 valence electrons. The molecule has 5 heteroatoms. The summed E-state index contributed by atoms with van der Waals surface area (Å²) in [6, 6.07) is 0. The van der Waals surface area contributed by atoms with Gasteiger partial charge in [0.25, 0.3) is 0 Å². The van der Waals surface area contributed by atoms with E-state index < -0.39 is 12.6 Å². The van der Waals surface area contributed by atoms with E-state index in [0.29, 0.717) is 0 Å². The molecule has 1 atom stereocenters. The van der Waals surface area contributed by atoms with E-state index in [1.165, 1.54) is 0 Å². The number of rotatable bonds is 1. The molecule has 0 saturated carbocycles. The molecule has 8 heavy (non-hydrogen) atoms. The van der Waals surface area contributed by atoms with Crippen LogP contribution in [0.5, 0.6) is 0 Å². The van der Waals surface area contributed by atoms with Crippen molar-refractivity contribution in [2.75, 3.05) is 0 Å². The fourth-order valence-electron chi connectivity index (χ4n) is 0.164. The molecule has 1 unspecified atom stereocenters. The van der Waals surface area contributed by atoms with Crippen molar-refractivity contribution in [1.82, 2.24) is 0 Å². The van der Waals surface area contributed by atoms with Crippen molar-refractivity contribution in [1.29, 1.82) is 0 Å². The molecule has 0 aliphatic rings. The molecule has 0 amide bonds. The van der Waals surface area contributed by atoms with Crippen LogP contribution in [0.4, 0.5) is 13.2 Å². The van der Waals surface area contributed by atoms with Crippen molar-refractivity contribution in [2.24, 2.45) is 0 Å². The van der Waals surface area contributed by atoms with Gasteiger partial charge in [0.2, 0.25) is 0 Å². The minimum absolute atomic E-state index is 0. The average Bonchev–Trinajstić information content (AvgIpc) is 1.30. The quantitative estimate of drug-likeness (QED) is 0.574. The Hall–Kier alpha value is 0.638. The molecule has 0 aromatic rings. The maximum absolute atomic E-state index is 11.1. The van der Waals surface area contributed by atoms with Gasteiger partial charge in [-0.15, -0.1) is 12.4 Å². The molecule has 0 fully saturated rings. The van der Waals surface area contributed by atoms with E-state index in [1.54, 1.807) is 0 Å². The normalized spacial score (nSPS) is 10.5. The first-order chi connectivity index (χ1) is 3.06. The topological polar surface area (TPSA) is 0 Å². The van der Waals surface area contributed by atoms with Gasteiger partial charge >= 0.3 is 47.8 Å². The first-order valence-electron chi connectivity index (χ1n) is 1.83. The Labute approximate surface area is 60.7 Å². The first kappa shape index (κ1) is 11.4. The van der Waals surface area contributed by atoms with Gasteiger partial charge in [0.15, 0.2) is 0 Å². The van der Waals surface area contributed by atoms with Gasteiger partial charge < -0.3 is 0 Å². The number of alkyl halides is 3. The van der Waals surface area contributed by atoms with Gasteiger partial charge in [-0.05, 0) is 0 Å². The van der Waals surface area contributed by atoms with Gasteiger partial charge in [-0.2, -0.15) is 0 Å². The van der Waals surface area contributed by atoms with Crippen LogP contribution in [0.2, 0.25) is 5.21 Å². The Kier molecular flexibility index (Phi) is 6.45. The fourth-order valence-corrected chi connectivity index (χ4v) is 0.850. The second-order valence-corrected chi connectivity index (χ2v) is 2.37. The Bertz CT molecular complexity index is 53.0. The van der Waals surface area contributed by atoms with Crippen molar-refractivity contribution in [3.8, 4) is 0 Å². The van der Waals surface area contributed by atoms with E-state index in [-0.39, 0.29) is 17.6 Å². The van der Waals surface area contributed by atoms with Crippen LogP contribution in [-0.4, -0.2) is 23.0 Å². The van der Waals surface area contributed by atoms with E-state index >= 15 is 0 Å². The maximum atomic E-state index is 11.1. The molecule has 0 aliphatic heterocycles. The Morgan fingerprint density at radius 3 is 1.62 bits per heavy atom. The number of hydrogen-bond donors (Lipinski definition) is 0. The van der Waals surface area contributed by atoms with Crippen molar-refractivity contribution in [3.05, 3.63) is 0 Å². The van der Waals surface area contributed by atoms with E-state index in [2.05, 4.69) is 0 Å². The third kappa shape index (κ3) is 9.81. The summed E-state index contributed by atoms with van der Waals surface area (Å²) in [6.45, 7) is 0. The molecule has 0 saturated heterocycles. The van der Waals surface area contributed by atoms with Crippen molar-refractivity contribution < 1.29 is 13.2 Å². The van der Waals surface area contributed by atoms with Crippen LogP contribution >= 0.6 is 12.4 Å². The molecule has 0 radical (unpaired) electrons. The molecule has 0 aliphatic carbocycles. The fraction of sp³-hybridized carbons (Fsp3) is 1.00. The summed E-state index contributed by atoms with van der Waals surface area (Å²) in [5, 5.41) is 0.247. The monoisotopic (exact) mass is 210 g/mol. The summed E-state index contributed by atoms with van der Waals surface area (Å²) in [5.74, 6) is 0. The molecule has 0 bridgehead atoms. The molecule has 0 rings (SSSR count). The number of halogens is 4. The van der Waals surface area contributed by atoms with Gasteiger partial charge in [-0.25, -0.2) is 0 Å². The van der Waals surface area contributed by atoms with Gasteiger partial charge in [-0.1, -0.05) is 0 Å². The predicted molar refractivity (Wildman–Crippen MR) is 31.3 cm³/mol. The van der Waals surface area contributed by atoms with Gasteiger partial charge in [0.05, 0.1) is 0 Å². The van der Waals surface area contributed by atoms with Crippen LogP contribution in [0.15, 0.2) is 0 Å². The molecule has 0 heterocycles.